The Balaban J connectivity index is 1.20. The number of benzene rings is 8. The molecule has 0 aliphatic rings. The minimum absolute atomic E-state index is 1.13. The van der Waals surface area contributed by atoms with Crippen LogP contribution in [0.1, 0.15) is 0 Å². The van der Waals surface area contributed by atoms with Gasteiger partial charge in [-0.05, 0) is 66.2 Å². The van der Waals surface area contributed by atoms with Gasteiger partial charge in [-0.1, -0.05) is 127 Å². The van der Waals surface area contributed by atoms with Crippen LogP contribution in [0, 0.1) is 0 Å². The molecule has 11 aromatic rings. The molecule has 0 aliphatic carbocycles. The van der Waals surface area contributed by atoms with Crippen molar-refractivity contribution in [2.24, 2.45) is 0 Å². The maximum absolute atomic E-state index is 2.44. The number of para-hydroxylation sites is 6. The third-order valence-corrected chi connectivity index (χ3v) is 10.6. The lowest BCUT2D eigenvalue weighted by molar-refractivity contribution is 1.13. The second-order valence-electron chi connectivity index (χ2n) is 13.3. The van der Waals surface area contributed by atoms with Crippen LogP contribution in [-0.2, 0) is 0 Å². The number of rotatable bonds is 4. The summed E-state index contributed by atoms with van der Waals surface area (Å²) >= 11 is 0. The molecule has 0 unspecified atom stereocenters. The molecule has 0 bridgehead atoms. The fourth-order valence-electron chi connectivity index (χ4n) is 8.58. The molecule has 0 spiro atoms. The van der Waals surface area contributed by atoms with Crippen LogP contribution in [-0.4, -0.2) is 13.7 Å². The molecule has 0 radical (unpaired) electrons. The van der Waals surface area contributed by atoms with Crippen LogP contribution >= 0.6 is 0 Å². The first-order valence-electron chi connectivity index (χ1n) is 17.5. The molecule has 51 heavy (non-hydrogen) atoms. The zero-order valence-electron chi connectivity index (χ0n) is 27.7. The molecule has 0 saturated carbocycles. The average Bonchev–Trinajstić information content (AvgIpc) is 3.84. The normalized spacial score (nSPS) is 11.9. The van der Waals surface area contributed by atoms with Crippen LogP contribution in [0.2, 0.25) is 0 Å². The summed E-state index contributed by atoms with van der Waals surface area (Å²) in [4.78, 5) is 0. The molecule has 238 valence electrons. The zero-order chi connectivity index (χ0) is 33.5. The Morgan fingerprint density at radius 2 is 0.667 bits per heavy atom. The first-order chi connectivity index (χ1) is 25.3. The lowest BCUT2D eigenvalue weighted by Crippen LogP contribution is -1.98. The predicted molar refractivity (Wildman–Crippen MR) is 215 cm³/mol. The van der Waals surface area contributed by atoms with Crippen molar-refractivity contribution < 1.29 is 0 Å². The van der Waals surface area contributed by atoms with Crippen molar-refractivity contribution in [3.05, 3.63) is 188 Å². The molecule has 0 amide bonds. The van der Waals surface area contributed by atoms with E-state index >= 15 is 0 Å². The van der Waals surface area contributed by atoms with Gasteiger partial charge in [0.15, 0.2) is 0 Å². The second kappa shape index (κ2) is 10.8. The summed E-state index contributed by atoms with van der Waals surface area (Å²) in [7, 11) is 0. The van der Waals surface area contributed by atoms with Gasteiger partial charge in [-0.25, -0.2) is 0 Å². The van der Waals surface area contributed by atoms with Crippen LogP contribution in [0.3, 0.4) is 0 Å². The Morgan fingerprint density at radius 1 is 0.255 bits per heavy atom. The quantitative estimate of drug-likeness (QED) is 0.180. The first kappa shape index (κ1) is 28.0. The van der Waals surface area contributed by atoms with Crippen LogP contribution in [0.15, 0.2) is 188 Å². The third kappa shape index (κ3) is 4.00. The Bertz CT molecular complexity index is 3080. The summed E-state index contributed by atoms with van der Waals surface area (Å²) in [6, 6.07) is 68.4. The molecule has 0 N–H and O–H groups in total. The topological polar surface area (TPSA) is 14.8 Å². The van der Waals surface area contributed by atoms with E-state index < -0.39 is 0 Å². The molecule has 0 aliphatic heterocycles. The molecule has 0 saturated heterocycles. The number of hydrogen-bond donors (Lipinski definition) is 0. The van der Waals surface area contributed by atoms with Crippen molar-refractivity contribution in [3.8, 4) is 28.2 Å². The smallest absolute Gasteiger partial charge is 0.0619 e. The van der Waals surface area contributed by atoms with Gasteiger partial charge in [-0.15, -0.1) is 0 Å². The van der Waals surface area contributed by atoms with Gasteiger partial charge in [0.2, 0.25) is 0 Å². The van der Waals surface area contributed by atoms with Gasteiger partial charge in [0.25, 0.3) is 0 Å². The minimum atomic E-state index is 1.13. The van der Waals surface area contributed by atoms with Crippen LogP contribution in [0.4, 0.5) is 0 Å². The fourth-order valence-corrected chi connectivity index (χ4v) is 8.58. The number of nitrogens with zero attached hydrogens (tertiary/aromatic N) is 3. The molecule has 3 aromatic heterocycles. The highest BCUT2D eigenvalue weighted by Crippen LogP contribution is 2.44. The molecule has 0 atom stereocenters. The van der Waals surface area contributed by atoms with Gasteiger partial charge >= 0.3 is 0 Å². The number of aromatic nitrogens is 3. The summed E-state index contributed by atoms with van der Waals surface area (Å²) in [6.07, 6.45) is 0. The van der Waals surface area contributed by atoms with E-state index in [9.17, 15) is 0 Å². The molecular formula is C48H31N3. The molecule has 11 rings (SSSR count). The van der Waals surface area contributed by atoms with E-state index in [1.165, 1.54) is 76.5 Å². The molecule has 3 heterocycles. The fraction of sp³-hybridized carbons (Fsp3) is 0. The average molecular weight is 650 g/mol. The van der Waals surface area contributed by atoms with Gasteiger partial charge in [0, 0.05) is 54.9 Å². The van der Waals surface area contributed by atoms with E-state index in [-0.39, 0.29) is 0 Å². The minimum Gasteiger partial charge on any atom is -0.309 e. The van der Waals surface area contributed by atoms with Crippen molar-refractivity contribution >= 4 is 65.4 Å². The van der Waals surface area contributed by atoms with Gasteiger partial charge in [-0.3, -0.25) is 0 Å². The van der Waals surface area contributed by atoms with Crippen LogP contribution < -0.4 is 0 Å². The van der Waals surface area contributed by atoms with Crippen molar-refractivity contribution in [1.82, 2.24) is 13.7 Å². The third-order valence-electron chi connectivity index (χ3n) is 10.6. The maximum Gasteiger partial charge on any atom is 0.0619 e. The lowest BCUT2D eigenvalue weighted by Gasteiger charge is -2.14. The highest BCUT2D eigenvalue weighted by molar-refractivity contribution is 6.20. The maximum atomic E-state index is 2.44. The summed E-state index contributed by atoms with van der Waals surface area (Å²) in [5.41, 5.74) is 13.1. The van der Waals surface area contributed by atoms with Crippen molar-refractivity contribution in [1.29, 1.82) is 0 Å². The summed E-state index contributed by atoms with van der Waals surface area (Å²) in [5.74, 6) is 0. The van der Waals surface area contributed by atoms with Crippen molar-refractivity contribution in [2.75, 3.05) is 0 Å². The van der Waals surface area contributed by atoms with E-state index in [4.69, 9.17) is 0 Å². The Morgan fingerprint density at radius 3 is 1.33 bits per heavy atom. The highest BCUT2D eigenvalue weighted by atomic mass is 15.0. The Labute approximate surface area is 294 Å². The molecular weight excluding hydrogens is 619 g/mol. The van der Waals surface area contributed by atoms with Crippen LogP contribution in [0.25, 0.3) is 93.6 Å². The Hall–Kier alpha value is -6.84. The monoisotopic (exact) mass is 649 g/mol. The zero-order valence-corrected chi connectivity index (χ0v) is 27.7. The standard InChI is InChI=1S/C48H31N3/c1-2-15-32(16-3-1)51-44-28-10-6-21-37(44)39-24-13-25-40(48(39)51)38-23-14-30-46-47(38)41-22-7-11-29-45(41)50(46)34-18-12-17-33(31-34)49-42-26-8-4-19-35(42)36-20-5-9-27-43(36)49/h1-31H. The number of hydrogen-bond acceptors (Lipinski definition) is 0. The van der Waals surface area contributed by atoms with Crippen molar-refractivity contribution in [3.63, 3.8) is 0 Å². The van der Waals surface area contributed by atoms with E-state index in [1.807, 2.05) is 0 Å². The Kier molecular flexibility index (Phi) is 5.96. The molecule has 3 nitrogen and oxygen atoms in total. The van der Waals surface area contributed by atoms with Crippen molar-refractivity contribution in [2.45, 2.75) is 0 Å². The summed E-state index contributed by atoms with van der Waals surface area (Å²) < 4.78 is 7.28. The van der Waals surface area contributed by atoms with E-state index in [1.54, 1.807) is 0 Å². The van der Waals surface area contributed by atoms with Gasteiger partial charge < -0.3 is 13.7 Å². The SMILES string of the molecule is c1ccc(-n2c3ccccc3c3cccc(-c4cccc5c4c4ccccc4n5-c4cccc(-n5c6ccccc6c6ccccc65)c4)c32)cc1. The highest BCUT2D eigenvalue weighted by Gasteiger charge is 2.21. The molecule has 8 aromatic carbocycles. The number of fused-ring (bicyclic) bond motifs is 9. The first-order valence-corrected chi connectivity index (χ1v) is 17.5. The lowest BCUT2D eigenvalue weighted by atomic mass is 9.97. The van der Waals surface area contributed by atoms with E-state index in [0.29, 0.717) is 0 Å². The van der Waals surface area contributed by atoms with Gasteiger partial charge in [-0.2, -0.15) is 0 Å². The summed E-state index contributed by atoms with van der Waals surface area (Å²) in [5, 5.41) is 7.54. The van der Waals surface area contributed by atoms with Gasteiger partial charge in [0.05, 0.1) is 33.1 Å². The van der Waals surface area contributed by atoms with E-state index in [0.717, 1.165) is 17.1 Å². The van der Waals surface area contributed by atoms with E-state index in [2.05, 4.69) is 202 Å². The molecule has 0 fully saturated rings. The second-order valence-corrected chi connectivity index (χ2v) is 13.3. The summed E-state index contributed by atoms with van der Waals surface area (Å²) in [6.45, 7) is 0. The largest absolute Gasteiger partial charge is 0.309 e. The molecule has 3 heteroatoms. The van der Waals surface area contributed by atoms with Gasteiger partial charge in [0.1, 0.15) is 0 Å². The van der Waals surface area contributed by atoms with Crippen LogP contribution in [0.5, 0.6) is 0 Å². The predicted octanol–water partition coefficient (Wildman–Crippen LogP) is 12.6.